The summed E-state index contributed by atoms with van der Waals surface area (Å²) in [7, 11) is 1.53. The second-order valence-electron chi connectivity index (χ2n) is 4.40. The summed E-state index contributed by atoms with van der Waals surface area (Å²) in [5.41, 5.74) is 2.47. The average Bonchev–Trinajstić information content (AvgIpc) is 2.47. The number of nitrogens with zero attached hydrogens (tertiary/aromatic N) is 2. The second kappa shape index (κ2) is 6.58. The van der Waals surface area contributed by atoms with E-state index in [0.29, 0.717) is 24.3 Å². The molecule has 2 aromatic rings. The van der Waals surface area contributed by atoms with Gasteiger partial charge in [0.05, 0.1) is 25.5 Å². The first-order chi connectivity index (χ1) is 9.72. The van der Waals surface area contributed by atoms with Gasteiger partial charge in [0.15, 0.2) is 5.75 Å². The fourth-order valence-corrected chi connectivity index (χ4v) is 1.85. The maximum atomic E-state index is 9.02. The third-order valence-corrected chi connectivity index (χ3v) is 2.88. The molecule has 4 heteroatoms. The molecule has 0 saturated carbocycles. The molecular formula is C16H16N2O2. The van der Waals surface area contributed by atoms with Crippen molar-refractivity contribution < 1.29 is 9.47 Å². The molecule has 0 amide bonds. The van der Waals surface area contributed by atoms with E-state index in [1.54, 1.807) is 12.3 Å². The predicted octanol–water partition coefficient (Wildman–Crippen LogP) is 2.89. The van der Waals surface area contributed by atoms with Crippen LogP contribution in [-0.4, -0.2) is 18.7 Å². The van der Waals surface area contributed by atoms with E-state index in [0.717, 1.165) is 17.0 Å². The van der Waals surface area contributed by atoms with Crippen LogP contribution in [0, 0.1) is 18.3 Å². The Bertz CT molecular complexity index is 633. The van der Waals surface area contributed by atoms with Crippen LogP contribution in [0.5, 0.6) is 11.5 Å². The Morgan fingerprint density at radius 2 is 2.15 bits per heavy atom. The molecule has 0 saturated heterocycles. The molecule has 1 aromatic heterocycles. The van der Waals surface area contributed by atoms with Crippen LogP contribution in [0.2, 0.25) is 0 Å². The standard InChI is InChI=1S/C16H16N2O2/c1-12-4-3-5-15(8-12)20-7-6-14-9-13(10-17)16(19-2)11-18-14/h3-5,8-9,11H,6-7H2,1-2H3. The summed E-state index contributed by atoms with van der Waals surface area (Å²) in [6.07, 6.45) is 2.22. The van der Waals surface area contributed by atoms with Gasteiger partial charge < -0.3 is 9.47 Å². The molecule has 0 unspecified atom stereocenters. The van der Waals surface area contributed by atoms with Crippen molar-refractivity contribution in [3.63, 3.8) is 0 Å². The molecule has 1 heterocycles. The molecule has 4 nitrogen and oxygen atoms in total. The summed E-state index contributed by atoms with van der Waals surface area (Å²) in [4.78, 5) is 4.25. The van der Waals surface area contributed by atoms with Crippen LogP contribution in [0.3, 0.4) is 0 Å². The third kappa shape index (κ3) is 3.48. The van der Waals surface area contributed by atoms with Crippen LogP contribution in [0.4, 0.5) is 0 Å². The van der Waals surface area contributed by atoms with Crippen molar-refractivity contribution in [2.75, 3.05) is 13.7 Å². The number of nitriles is 1. The summed E-state index contributed by atoms with van der Waals surface area (Å²) >= 11 is 0. The molecular weight excluding hydrogens is 252 g/mol. The van der Waals surface area contributed by atoms with E-state index in [1.165, 1.54) is 7.11 Å². The van der Waals surface area contributed by atoms with Crippen LogP contribution < -0.4 is 9.47 Å². The minimum Gasteiger partial charge on any atom is -0.494 e. The molecule has 0 aliphatic rings. The fourth-order valence-electron chi connectivity index (χ4n) is 1.85. The predicted molar refractivity (Wildman–Crippen MR) is 75.9 cm³/mol. The summed E-state index contributed by atoms with van der Waals surface area (Å²) < 4.78 is 10.7. The van der Waals surface area contributed by atoms with Crippen molar-refractivity contribution in [2.24, 2.45) is 0 Å². The molecule has 0 spiro atoms. The van der Waals surface area contributed by atoms with Crippen molar-refractivity contribution in [2.45, 2.75) is 13.3 Å². The first-order valence-corrected chi connectivity index (χ1v) is 6.35. The zero-order valence-electron chi connectivity index (χ0n) is 11.6. The number of aryl methyl sites for hydroxylation is 1. The number of benzene rings is 1. The van der Waals surface area contributed by atoms with E-state index in [2.05, 4.69) is 11.1 Å². The Balaban J connectivity index is 1.96. The van der Waals surface area contributed by atoms with Gasteiger partial charge in [0.1, 0.15) is 11.8 Å². The molecule has 20 heavy (non-hydrogen) atoms. The largest absolute Gasteiger partial charge is 0.494 e. The quantitative estimate of drug-likeness (QED) is 0.836. The number of methoxy groups -OCH3 is 1. The highest BCUT2D eigenvalue weighted by Crippen LogP contribution is 2.17. The molecule has 2 rings (SSSR count). The number of rotatable bonds is 5. The van der Waals surface area contributed by atoms with E-state index in [1.807, 2.05) is 31.2 Å². The first-order valence-electron chi connectivity index (χ1n) is 6.35. The highest BCUT2D eigenvalue weighted by Gasteiger charge is 2.05. The van der Waals surface area contributed by atoms with Gasteiger partial charge in [0.2, 0.25) is 0 Å². The van der Waals surface area contributed by atoms with Gasteiger partial charge in [0, 0.05) is 12.1 Å². The lowest BCUT2D eigenvalue weighted by atomic mass is 10.2. The number of ether oxygens (including phenoxy) is 2. The number of aromatic nitrogens is 1. The highest BCUT2D eigenvalue weighted by atomic mass is 16.5. The minimum atomic E-state index is 0.494. The summed E-state index contributed by atoms with van der Waals surface area (Å²) in [6.45, 7) is 2.55. The van der Waals surface area contributed by atoms with Gasteiger partial charge in [-0.1, -0.05) is 12.1 Å². The van der Waals surface area contributed by atoms with Crippen LogP contribution in [-0.2, 0) is 6.42 Å². The fraction of sp³-hybridized carbons (Fsp3) is 0.250. The van der Waals surface area contributed by atoms with Crippen LogP contribution in [0.1, 0.15) is 16.8 Å². The van der Waals surface area contributed by atoms with Gasteiger partial charge in [-0.05, 0) is 30.7 Å². The summed E-state index contributed by atoms with van der Waals surface area (Å²) in [6, 6.07) is 11.7. The molecule has 0 bridgehead atoms. The molecule has 0 N–H and O–H groups in total. The Morgan fingerprint density at radius 3 is 2.85 bits per heavy atom. The third-order valence-electron chi connectivity index (χ3n) is 2.88. The average molecular weight is 268 g/mol. The van der Waals surface area contributed by atoms with E-state index < -0.39 is 0 Å². The topological polar surface area (TPSA) is 55.1 Å². The van der Waals surface area contributed by atoms with Crippen molar-refractivity contribution >= 4 is 0 Å². The molecule has 102 valence electrons. The van der Waals surface area contributed by atoms with E-state index in [9.17, 15) is 0 Å². The smallest absolute Gasteiger partial charge is 0.154 e. The molecule has 0 aliphatic heterocycles. The summed E-state index contributed by atoms with van der Waals surface area (Å²) in [5, 5.41) is 9.02. The lowest BCUT2D eigenvalue weighted by Crippen LogP contribution is -2.04. The SMILES string of the molecule is COc1cnc(CCOc2cccc(C)c2)cc1C#N. The number of pyridine rings is 1. The van der Waals surface area contributed by atoms with E-state index in [4.69, 9.17) is 14.7 Å². The lowest BCUT2D eigenvalue weighted by molar-refractivity contribution is 0.320. The van der Waals surface area contributed by atoms with Crippen molar-refractivity contribution in [3.8, 4) is 17.6 Å². The first kappa shape index (κ1) is 13.9. The number of hydrogen-bond acceptors (Lipinski definition) is 4. The van der Waals surface area contributed by atoms with Crippen molar-refractivity contribution in [1.29, 1.82) is 5.26 Å². The van der Waals surface area contributed by atoms with E-state index >= 15 is 0 Å². The van der Waals surface area contributed by atoms with Gasteiger partial charge in [-0.2, -0.15) is 5.26 Å². The maximum Gasteiger partial charge on any atom is 0.154 e. The molecule has 0 aliphatic carbocycles. The van der Waals surface area contributed by atoms with Gasteiger partial charge in [-0.3, -0.25) is 4.98 Å². The Hall–Kier alpha value is -2.54. The molecule has 0 atom stereocenters. The minimum absolute atomic E-state index is 0.494. The maximum absolute atomic E-state index is 9.02. The Labute approximate surface area is 118 Å². The monoisotopic (exact) mass is 268 g/mol. The highest BCUT2D eigenvalue weighted by molar-refractivity contribution is 5.42. The molecule has 0 radical (unpaired) electrons. The van der Waals surface area contributed by atoms with Gasteiger partial charge in [0.25, 0.3) is 0 Å². The van der Waals surface area contributed by atoms with Crippen molar-refractivity contribution in [3.05, 3.63) is 53.3 Å². The zero-order chi connectivity index (χ0) is 14.4. The lowest BCUT2D eigenvalue weighted by Gasteiger charge is -2.08. The van der Waals surface area contributed by atoms with Crippen molar-refractivity contribution in [1.82, 2.24) is 4.98 Å². The van der Waals surface area contributed by atoms with Gasteiger partial charge >= 0.3 is 0 Å². The zero-order valence-corrected chi connectivity index (χ0v) is 11.6. The Morgan fingerprint density at radius 1 is 1.30 bits per heavy atom. The summed E-state index contributed by atoms with van der Waals surface area (Å²) in [5.74, 6) is 1.34. The number of hydrogen-bond donors (Lipinski definition) is 0. The second-order valence-corrected chi connectivity index (χ2v) is 4.40. The molecule has 0 fully saturated rings. The van der Waals surface area contributed by atoms with Gasteiger partial charge in [-0.25, -0.2) is 0 Å². The normalized spacial score (nSPS) is 9.85. The van der Waals surface area contributed by atoms with Gasteiger partial charge in [-0.15, -0.1) is 0 Å². The van der Waals surface area contributed by atoms with Crippen LogP contribution in [0.25, 0.3) is 0 Å². The Kier molecular flexibility index (Phi) is 4.56. The van der Waals surface area contributed by atoms with E-state index in [-0.39, 0.29) is 0 Å². The van der Waals surface area contributed by atoms with Crippen LogP contribution >= 0.6 is 0 Å². The molecule has 1 aromatic carbocycles. The van der Waals surface area contributed by atoms with Crippen LogP contribution in [0.15, 0.2) is 36.5 Å².